The Labute approximate surface area is 186 Å². The van der Waals surface area contributed by atoms with E-state index in [0.29, 0.717) is 5.57 Å². The molecular formula is C29H31NO. The minimum atomic E-state index is -0.747. The minimum Gasteiger partial charge on any atom is -0.335 e. The van der Waals surface area contributed by atoms with Crippen molar-refractivity contribution in [3.63, 3.8) is 0 Å². The van der Waals surface area contributed by atoms with Gasteiger partial charge in [-0.05, 0) is 66.0 Å². The second kappa shape index (κ2) is 8.93. The van der Waals surface area contributed by atoms with Crippen molar-refractivity contribution in [3.8, 4) is 0 Å². The summed E-state index contributed by atoms with van der Waals surface area (Å²) in [6, 6.07) is 25.9. The zero-order chi connectivity index (χ0) is 21.8. The summed E-state index contributed by atoms with van der Waals surface area (Å²) in [5.41, 5.74) is 7.03. The van der Waals surface area contributed by atoms with Crippen molar-refractivity contribution in [3.05, 3.63) is 118 Å². The molecule has 1 N–H and O–H groups in total. The molecule has 4 rings (SSSR count). The summed E-state index contributed by atoms with van der Waals surface area (Å²) >= 11 is 0. The second-order valence-electron chi connectivity index (χ2n) is 8.60. The molecule has 0 heterocycles. The number of amides is 1. The van der Waals surface area contributed by atoms with Gasteiger partial charge in [-0.3, -0.25) is 4.79 Å². The Morgan fingerprint density at radius 1 is 0.903 bits per heavy atom. The van der Waals surface area contributed by atoms with Crippen LogP contribution in [0.4, 0.5) is 0 Å². The fourth-order valence-electron chi connectivity index (χ4n) is 4.72. The van der Waals surface area contributed by atoms with E-state index in [-0.39, 0.29) is 5.91 Å². The van der Waals surface area contributed by atoms with Crippen LogP contribution in [-0.2, 0) is 29.6 Å². The van der Waals surface area contributed by atoms with E-state index >= 15 is 0 Å². The Morgan fingerprint density at radius 2 is 1.45 bits per heavy atom. The van der Waals surface area contributed by atoms with E-state index in [1.54, 1.807) is 6.92 Å². The highest BCUT2D eigenvalue weighted by molar-refractivity contribution is 5.93. The summed E-state index contributed by atoms with van der Waals surface area (Å²) in [5, 5.41) is 3.42. The highest BCUT2D eigenvalue weighted by Gasteiger charge is 2.42. The van der Waals surface area contributed by atoms with Crippen molar-refractivity contribution in [2.24, 2.45) is 0 Å². The minimum absolute atomic E-state index is 0.124. The van der Waals surface area contributed by atoms with Gasteiger partial charge in [0.2, 0.25) is 5.91 Å². The van der Waals surface area contributed by atoms with Crippen LogP contribution in [0.1, 0.15) is 60.1 Å². The van der Waals surface area contributed by atoms with Gasteiger partial charge in [-0.2, -0.15) is 0 Å². The molecule has 3 aromatic carbocycles. The summed E-state index contributed by atoms with van der Waals surface area (Å²) in [5.74, 6) is -0.124. The molecule has 3 aromatic rings. The van der Waals surface area contributed by atoms with E-state index in [1.165, 1.54) is 29.5 Å². The van der Waals surface area contributed by atoms with E-state index in [9.17, 15) is 4.79 Å². The lowest BCUT2D eigenvalue weighted by Gasteiger charge is -2.38. The van der Waals surface area contributed by atoms with Crippen LogP contribution in [0, 0.1) is 0 Å². The van der Waals surface area contributed by atoms with Crippen molar-refractivity contribution < 1.29 is 4.79 Å². The van der Waals surface area contributed by atoms with Gasteiger partial charge in [-0.25, -0.2) is 0 Å². The zero-order valence-corrected chi connectivity index (χ0v) is 18.6. The summed E-state index contributed by atoms with van der Waals surface area (Å²) in [7, 11) is 0. The number of unbranched alkanes of at least 4 members (excludes halogenated alkanes) is 1. The third kappa shape index (κ3) is 3.95. The van der Waals surface area contributed by atoms with Crippen molar-refractivity contribution in [1.29, 1.82) is 0 Å². The molecule has 0 radical (unpaired) electrons. The molecule has 0 aromatic heterocycles. The van der Waals surface area contributed by atoms with E-state index in [4.69, 9.17) is 0 Å². The van der Waals surface area contributed by atoms with Crippen molar-refractivity contribution in [2.75, 3.05) is 0 Å². The van der Waals surface area contributed by atoms with Gasteiger partial charge in [0.15, 0.2) is 0 Å². The third-order valence-electron chi connectivity index (χ3n) is 6.40. The van der Waals surface area contributed by atoms with E-state index in [2.05, 4.69) is 91.6 Å². The summed E-state index contributed by atoms with van der Waals surface area (Å²) in [6.45, 7) is 7.90. The van der Waals surface area contributed by atoms with E-state index < -0.39 is 5.54 Å². The van der Waals surface area contributed by atoms with Crippen LogP contribution >= 0.6 is 0 Å². The third-order valence-corrected chi connectivity index (χ3v) is 6.40. The number of benzene rings is 3. The summed E-state index contributed by atoms with van der Waals surface area (Å²) in [4.78, 5) is 13.1. The molecule has 0 unspecified atom stereocenters. The van der Waals surface area contributed by atoms with Gasteiger partial charge in [0.05, 0.1) is 0 Å². The number of hydrogen-bond donors (Lipinski definition) is 1. The van der Waals surface area contributed by atoms with Crippen LogP contribution in [0.3, 0.4) is 0 Å². The first-order chi connectivity index (χ1) is 15.1. The van der Waals surface area contributed by atoms with Crippen molar-refractivity contribution in [2.45, 2.75) is 51.5 Å². The molecular weight excluding hydrogens is 378 g/mol. The lowest BCUT2D eigenvalue weighted by atomic mass is 9.74. The standard InChI is InChI=1S/C29H31NO/c1-4-5-10-22-15-19-25(20-16-22)29(30-28(31)21(2)3)26-13-8-6-11-23(26)17-18-24-12-7-9-14-27(24)29/h6-9,11-16,19-20H,2,4-5,10,17-18H2,1,3H3,(H,30,31). The number of carbonyl (C=O) groups is 1. The molecule has 2 heteroatoms. The predicted molar refractivity (Wildman–Crippen MR) is 128 cm³/mol. The summed E-state index contributed by atoms with van der Waals surface area (Å²) in [6.07, 6.45) is 5.34. The Bertz CT molecular complexity index is 1050. The molecule has 0 saturated heterocycles. The molecule has 158 valence electrons. The molecule has 0 saturated carbocycles. The van der Waals surface area contributed by atoms with Gasteiger partial charge < -0.3 is 5.32 Å². The second-order valence-corrected chi connectivity index (χ2v) is 8.60. The number of fused-ring (bicyclic) bond motifs is 2. The number of nitrogens with one attached hydrogen (secondary N) is 1. The van der Waals surface area contributed by atoms with Crippen molar-refractivity contribution >= 4 is 5.91 Å². The van der Waals surface area contributed by atoms with Crippen LogP contribution in [0.15, 0.2) is 84.9 Å². The smallest absolute Gasteiger partial charge is 0.247 e. The van der Waals surface area contributed by atoms with E-state index in [0.717, 1.165) is 36.0 Å². The molecule has 31 heavy (non-hydrogen) atoms. The van der Waals surface area contributed by atoms with Crippen LogP contribution in [0.2, 0.25) is 0 Å². The lowest BCUT2D eigenvalue weighted by Crippen LogP contribution is -2.48. The Hall–Kier alpha value is -3.13. The molecule has 0 atom stereocenters. The average molecular weight is 410 g/mol. The molecule has 0 fully saturated rings. The monoisotopic (exact) mass is 409 g/mol. The van der Waals surface area contributed by atoms with Gasteiger partial charge in [0.25, 0.3) is 0 Å². The molecule has 0 bridgehead atoms. The van der Waals surface area contributed by atoms with E-state index in [1.807, 2.05) is 0 Å². The molecule has 1 aliphatic rings. The number of aryl methyl sites for hydroxylation is 3. The average Bonchev–Trinajstić information content (AvgIpc) is 2.94. The highest BCUT2D eigenvalue weighted by atomic mass is 16.1. The van der Waals surface area contributed by atoms with Gasteiger partial charge in [0, 0.05) is 5.57 Å². The largest absolute Gasteiger partial charge is 0.335 e. The first-order valence-electron chi connectivity index (χ1n) is 11.3. The maximum Gasteiger partial charge on any atom is 0.247 e. The maximum absolute atomic E-state index is 13.1. The summed E-state index contributed by atoms with van der Waals surface area (Å²) < 4.78 is 0. The lowest BCUT2D eigenvalue weighted by molar-refractivity contribution is -0.118. The number of carbonyl (C=O) groups excluding carboxylic acids is 1. The molecule has 0 spiro atoms. The Balaban J connectivity index is 1.98. The molecule has 0 aliphatic heterocycles. The van der Waals surface area contributed by atoms with Gasteiger partial charge in [0.1, 0.15) is 5.54 Å². The highest BCUT2D eigenvalue weighted by Crippen LogP contribution is 2.43. The first-order valence-corrected chi connectivity index (χ1v) is 11.3. The molecule has 1 amide bonds. The quantitative estimate of drug-likeness (QED) is 0.489. The number of rotatable bonds is 6. The predicted octanol–water partition coefficient (Wildman–Crippen LogP) is 6.11. The normalized spacial score (nSPS) is 14.1. The maximum atomic E-state index is 13.1. The number of hydrogen-bond acceptors (Lipinski definition) is 1. The van der Waals surface area contributed by atoms with Gasteiger partial charge in [-0.1, -0.05) is 92.7 Å². The fourth-order valence-corrected chi connectivity index (χ4v) is 4.72. The van der Waals surface area contributed by atoms with Crippen LogP contribution in [-0.4, -0.2) is 5.91 Å². The Kier molecular flexibility index (Phi) is 6.08. The molecule has 2 nitrogen and oxygen atoms in total. The molecule has 1 aliphatic carbocycles. The van der Waals surface area contributed by atoms with Gasteiger partial charge in [-0.15, -0.1) is 0 Å². The Morgan fingerprint density at radius 3 is 1.97 bits per heavy atom. The first kappa shape index (κ1) is 21.1. The topological polar surface area (TPSA) is 29.1 Å². The van der Waals surface area contributed by atoms with Crippen LogP contribution < -0.4 is 5.32 Å². The fraction of sp³-hybridized carbons (Fsp3) is 0.276. The van der Waals surface area contributed by atoms with Crippen molar-refractivity contribution in [1.82, 2.24) is 5.32 Å². The van der Waals surface area contributed by atoms with Crippen LogP contribution in [0.25, 0.3) is 0 Å². The zero-order valence-electron chi connectivity index (χ0n) is 18.6. The van der Waals surface area contributed by atoms with Gasteiger partial charge >= 0.3 is 0 Å². The van der Waals surface area contributed by atoms with Crippen LogP contribution in [0.5, 0.6) is 0 Å². The SMILES string of the molecule is C=C(C)C(=O)NC1(c2ccc(CCCC)cc2)c2ccccc2CCc2ccccc21.